The van der Waals surface area contributed by atoms with Crippen molar-refractivity contribution < 1.29 is 13.2 Å². The molecule has 1 amide bonds. The fraction of sp³-hybridized carbons (Fsp3) is 0.412. The molecule has 0 unspecified atom stereocenters. The lowest BCUT2D eigenvalue weighted by molar-refractivity contribution is 0.102. The van der Waals surface area contributed by atoms with Crippen LogP contribution in [0.3, 0.4) is 0 Å². The van der Waals surface area contributed by atoms with Crippen molar-refractivity contribution in [2.45, 2.75) is 51.1 Å². The summed E-state index contributed by atoms with van der Waals surface area (Å²) in [6.07, 6.45) is 1.61. The van der Waals surface area contributed by atoms with Crippen LogP contribution >= 0.6 is 0 Å². The second-order valence-electron chi connectivity index (χ2n) is 7.09. The molecule has 0 aliphatic heterocycles. The van der Waals surface area contributed by atoms with Gasteiger partial charge in [0.2, 0.25) is 10.0 Å². The minimum absolute atomic E-state index is 0.112. The number of nitrogens with one attached hydrogen (secondary N) is 2. The predicted octanol–water partition coefficient (Wildman–Crippen LogP) is 2.79. The number of amides is 1. The highest BCUT2D eigenvalue weighted by atomic mass is 32.2. The van der Waals surface area contributed by atoms with Crippen LogP contribution in [-0.2, 0) is 10.0 Å². The third-order valence-corrected chi connectivity index (χ3v) is 5.04. The molecule has 1 heterocycles. The first-order chi connectivity index (χ1) is 11.5. The predicted molar refractivity (Wildman–Crippen MR) is 97.1 cm³/mol. The summed E-state index contributed by atoms with van der Waals surface area (Å²) in [6, 6.07) is 7.64. The molecule has 0 fully saturated rings. The van der Waals surface area contributed by atoms with Crippen LogP contribution < -0.4 is 10.0 Å². The molecule has 8 heteroatoms. The van der Waals surface area contributed by atoms with E-state index in [2.05, 4.69) is 15.1 Å². The van der Waals surface area contributed by atoms with Crippen molar-refractivity contribution in [2.75, 3.05) is 5.32 Å². The van der Waals surface area contributed by atoms with E-state index < -0.39 is 15.6 Å². The molecule has 1 aromatic heterocycles. The first kappa shape index (κ1) is 19.1. The normalized spacial score (nSPS) is 12.4. The van der Waals surface area contributed by atoms with Crippen molar-refractivity contribution in [3.8, 4) is 0 Å². The van der Waals surface area contributed by atoms with Gasteiger partial charge < -0.3 is 5.32 Å². The van der Waals surface area contributed by atoms with Crippen molar-refractivity contribution >= 4 is 21.7 Å². The van der Waals surface area contributed by atoms with Gasteiger partial charge in [-0.15, -0.1) is 0 Å². The maximum absolute atomic E-state index is 12.4. The Hall–Kier alpha value is -2.19. The van der Waals surface area contributed by atoms with Crippen LogP contribution in [0.2, 0.25) is 0 Å². The van der Waals surface area contributed by atoms with E-state index in [0.29, 0.717) is 11.4 Å². The Morgan fingerprint density at radius 3 is 2.24 bits per heavy atom. The van der Waals surface area contributed by atoms with Gasteiger partial charge in [-0.1, -0.05) is 0 Å². The summed E-state index contributed by atoms with van der Waals surface area (Å²) >= 11 is 0. The summed E-state index contributed by atoms with van der Waals surface area (Å²) in [6.45, 7) is 9.23. The zero-order chi connectivity index (χ0) is 18.8. The second kappa shape index (κ2) is 6.97. The number of anilines is 1. The molecule has 2 N–H and O–H groups in total. The first-order valence-corrected chi connectivity index (χ1v) is 9.47. The molecule has 0 saturated heterocycles. The van der Waals surface area contributed by atoms with Crippen LogP contribution in [0.15, 0.2) is 41.4 Å². The molecule has 0 aliphatic carbocycles. The van der Waals surface area contributed by atoms with Gasteiger partial charge in [-0.25, -0.2) is 17.8 Å². The highest BCUT2D eigenvalue weighted by molar-refractivity contribution is 7.89. The van der Waals surface area contributed by atoms with Gasteiger partial charge in [-0.3, -0.25) is 4.79 Å². The highest BCUT2D eigenvalue weighted by Gasteiger charge is 2.22. The maximum atomic E-state index is 12.4. The summed E-state index contributed by atoms with van der Waals surface area (Å²) in [5.41, 5.74) is -0.212. The summed E-state index contributed by atoms with van der Waals surface area (Å²) < 4.78 is 28.8. The fourth-order valence-corrected chi connectivity index (χ4v) is 3.68. The zero-order valence-electron chi connectivity index (χ0n) is 15.1. The summed E-state index contributed by atoms with van der Waals surface area (Å²) in [5, 5.41) is 6.94. The van der Waals surface area contributed by atoms with Gasteiger partial charge in [0.1, 0.15) is 5.82 Å². The summed E-state index contributed by atoms with van der Waals surface area (Å²) in [4.78, 5) is 12.5. The Bertz CT molecular complexity index is 847. The second-order valence-corrected chi connectivity index (χ2v) is 8.77. The summed E-state index contributed by atoms with van der Waals surface area (Å²) in [5.74, 6) is 0.265. The molecule has 7 nitrogen and oxygen atoms in total. The standard InChI is InChI=1S/C17H24N4O3S/c1-12(2)21-15(10-11-18-21)19-16(22)13-6-8-14(9-7-13)25(23,24)20-17(3,4)5/h6-12,20H,1-5H3,(H,19,22). The summed E-state index contributed by atoms with van der Waals surface area (Å²) in [7, 11) is -3.62. The quantitative estimate of drug-likeness (QED) is 0.853. The van der Waals surface area contributed by atoms with E-state index in [-0.39, 0.29) is 16.8 Å². The smallest absolute Gasteiger partial charge is 0.256 e. The van der Waals surface area contributed by atoms with Crippen molar-refractivity contribution in [2.24, 2.45) is 0 Å². The number of nitrogens with zero attached hydrogens (tertiary/aromatic N) is 2. The molecule has 1 aromatic carbocycles. The van der Waals surface area contributed by atoms with Crippen LogP contribution in [0, 0.1) is 0 Å². The molecule has 0 aliphatic rings. The zero-order valence-corrected chi connectivity index (χ0v) is 15.9. The number of hydrogen-bond donors (Lipinski definition) is 2. The monoisotopic (exact) mass is 364 g/mol. The average molecular weight is 364 g/mol. The molecule has 25 heavy (non-hydrogen) atoms. The van der Waals surface area contributed by atoms with Gasteiger partial charge in [0.25, 0.3) is 5.91 Å². The average Bonchev–Trinajstić information content (AvgIpc) is 2.93. The molecule has 2 rings (SSSR count). The Morgan fingerprint density at radius 2 is 1.72 bits per heavy atom. The molecular formula is C17H24N4O3S. The lowest BCUT2D eigenvalue weighted by atomic mass is 10.1. The van der Waals surface area contributed by atoms with E-state index in [1.807, 2.05) is 13.8 Å². The van der Waals surface area contributed by atoms with Crippen molar-refractivity contribution in [1.82, 2.24) is 14.5 Å². The molecular weight excluding hydrogens is 340 g/mol. The van der Waals surface area contributed by atoms with E-state index >= 15 is 0 Å². The lowest BCUT2D eigenvalue weighted by Crippen LogP contribution is -2.40. The number of carbonyl (C=O) groups excluding carboxylic acids is 1. The van der Waals surface area contributed by atoms with Gasteiger partial charge in [0.15, 0.2) is 0 Å². The number of benzene rings is 1. The number of hydrogen-bond acceptors (Lipinski definition) is 4. The van der Waals surface area contributed by atoms with Crippen molar-refractivity contribution in [3.05, 3.63) is 42.1 Å². The number of carbonyl (C=O) groups is 1. The fourth-order valence-electron chi connectivity index (χ4n) is 2.26. The SMILES string of the molecule is CC(C)n1nccc1NC(=O)c1ccc(S(=O)(=O)NC(C)(C)C)cc1. The Labute approximate surface area is 148 Å². The van der Waals surface area contributed by atoms with Crippen LogP contribution in [0.4, 0.5) is 5.82 Å². The third-order valence-electron chi connectivity index (χ3n) is 3.27. The van der Waals surface area contributed by atoms with Crippen molar-refractivity contribution in [3.63, 3.8) is 0 Å². The number of sulfonamides is 1. The van der Waals surface area contributed by atoms with E-state index in [9.17, 15) is 13.2 Å². The Morgan fingerprint density at radius 1 is 1.12 bits per heavy atom. The van der Waals surface area contributed by atoms with E-state index in [1.165, 1.54) is 24.3 Å². The molecule has 0 bridgehead atoms. The van der Waals surface area contributed by atoms with Gasteiger partial charge in [0.05, 0.1) is 11.1 Å². The van der Waals surface area contributed by atoms with E-state index in [4.69, 9.17) is 0 Å². The molecule has 0 spiro atoms. The highest BCUT2D eigenvalue weighted by Crippen LogP contribution is 2.17. The third kappa shape index (κ3) is 4.90. The van der Waals surface area contributed by atoms with Crippen molar-refractivity contribution in [1.29, 1.82) is 0 Å². The molecule has 0 saturated carbocycles. The minimum atomic E-state index is -3.62. The van der Waals surface area contributed by atoms with E-state index in [1.54, 1.807) is 37.7 Å². The van der Waals surface area contributed by atoms with Gasteiger partial charge >= 0.3 is 0 Å². The molecule has 0 radical (unpaired) electrons. The largest absolute Gasteiger partial charge is 0.307 e. The Balaban J connectivity index is 2.17. The number of aromatic nitrogens is 2. The van der Waals surface area contributed by atoms with E-state index in [0.717, 1.165) is 0 Å². The van der Waals surface area contributed by atoms with Crippen LogP contribution in [0.1, 0.15) is 51.0 Å². The van der Waals surface area contributed by atoms with Crippen LogP contribution in [0.5, 0.6) is 0 Å². The molecule has 0 atom stereocenters. The first-order valence-electron chi connectivity index (χ1n) is 7.98. The molecule has 136 valence electrons. The number of rotatable bonds is 5. The van der Waals surface area contributed by atoms with Gasteiger partial charge in [-0.05, 0) is 58.9 Å². The lowest BCUT2D eigenvalue weighted by Gasteiger charge is -2.20. The van der Waals surface area contributed by atoms with Gasteiger partial charge in [0, 0.05) is 23.2 Å². The topological polar surface area (TPSA) is 93.1 Å². The minimum Gasteiger partial charge on any atom is -0.307 e. The van der Waals surface area contributed by atoms with Gasteiger partial charge in [-0.2, -0.15) is 5.10 Å². The van der Waals surface area contributed by atoms with Crippen LogP contribution in [0.25, 0.3) is 0 Å². The molecule has 2 aromatic rings. The van der Waals surface area contributed by atoms with Crippen LogP contribution in [-0.4, -0.2) is 29.6 Å². The maximum Gasteiger partial charge on any atom is 0.256 e. The Kier molecular flexibility index (Phi) is 5.34.